The van der Waals surface area contributed by atoms with E-state index >= 15 is 0 Å². The van der Waals surface area contributed by atoms with Crippen molar-refractivity contribution in [2.45, 2.75) is 6.92 Å². The highest BCUT2D eigenvalue weighted by Gasteiger charge is 2.05. The highest BCUT2D eigenvalue weighted by Crippen LogP contribution is 2.25. The van der Waals surface area contributed by atoms with Crippen LogP contribution in [0.2, 0.25) is 0 Å². The molecule has 3 heteroatoms. The topological polar surface area (TPSA) is 24.1 Å². The molecule has 1 aromatic carbocycles. The molecule has 1 rings (SSSR count). The molecule has 0 heterocycles. The minimum atomic E-state index is -0.221. The second kappa shape index (κ2) is 3.43. The molecular formula is C9H13FN2. The fraction of sp³-hybridized carbons (Fsp3) is 0.333. The van der Waals surface area contributed by atoms with E-state index in [9.17, 15) is 4.39 Å². The van der Waals surface area contributed by atoms with Gasteiger partial charge in [-0.25, -0.2) is 4.39 Å². The van der Waals surface area contributed by atoms with Crippen LogP contribution in [0.5, 0.6) is 0 Å². The van der Waals surface area contributed by atoms with Crippen LogP contribution < -0.4 is 10.6 Å². The summed E-state index contributed by atoms with van der Waals surface area (Å²) in [5, 5.41) is 5.73. The number of benzene rings is 1. The second-order valence-electron chi connectivity index (χ2n) is 2.67. The molecule has 66 valence electrons. The van der Waals surface area contributed by atoms with Crippen LogP contribution in [-0.4, -0.2) is 14.1 Å². The Morgan fingerprint density at radius 2 is 1.83 bits per heavy atom. The number of anilines is 2. The Morgan fingerprint density at radius 3 is 2.33 bits per heavy atom. The SMILES string of the molecule is CNc1cc(C)cc(F)c1NC. The van der Waals surface area contributed by atoms with Crippen LogP contribution in [0.1, 0.15) is 5.56 Å². The maximum atomic E-state index is 13.2. The summed E-state index contributed by atoms with van der Waals surface area (Å²) in [6.07, 6.45) is 0. The summed E-state index contributed by atoms with van der Waals surface area (Å²) >= 11 is 0. The molecule has 0 saturated heterocycles. The molecule has 2 nitrogen and oxygen atoms in total. The second-order valence-corrected chi connectivity index (χ2v) is 2.67. The third-order valence-corrected chi connectivity index (χ3v) is 1.75. The Morgan fingerprint density at radius 1 is 1.17 bits per heavy atom. The Labute approximate surface area is 71.8 Å². The van der Waals surface area contributed by atoms with Gasteiger partial charge in [0.05, 0.1) is 11.4 Å². The summed E-state index contributed by atoms with van der Waals surface area (Å²) in [4.78, 5) is 0. The van der Waals surface area contributed by atoms with Gasteiger partial charge < -0.3 is 10.6 Å². The van der Waals surface area contributed by atoms with Gasteiger partial charge >= 0.3 is 0 Å². The molecule has 0 aliphatic heterocycles. The predicted molar refractivity (Wildman–Crippen MR) is 50.2 cm³/mol. The van der Waals surface area contributed by atoms with Gasteiger partial charge in [0.2, 0.25) is 0 Å². The number of nitrogens with one attached hydrogen (secondary N) is 2. The maximum absolute atomic E-state index is 13.2. The summed E-state index contributed by atoms with van der Waals surface area (Å²) in [6.45, 7) is 1.86. The van der Waals surface area contributed by atoms with Crippen LogP contribution in [0, 0.1) is 12.7 Å². The smallest absolute Gasteiger partial charge is 0.148 e. The van der Waals surface area contributed by atoms with Gasteiger partial charge in [0.25, 0.3) is 0 Å². The Hall–Kier alpha value is -1.25. The summed E-state index contributed by atoms with van der Waals surface area (Å²) in [7, 11) is 3.48. The maximum Gasteiger partial charge on any atom is 0.148 e. The van der Waals surface area contributed by atoms with E-state index in [0.29, 0.717) is 5.69 Å². The lowest BCUT2D eigenvalue weighted by molar-refractivity contribution is 0.630. The molecule has 12 heavy (non-hydrogen) atoms. The van der Waals surface area contributed by atoms with Gasteiger partial charge in [-0.15, -0.1) is 0 Å². The molecule has 0 amide bonds. The Bertz CT molecular complexity index is 284. The first-order valence-electron chi connectivity index (χ1n) is 3.84. The zero-order valence-electron chi connectivity index (χ0n) is 7.53. The molecule has 0 saturated carbocycles. The molecule has 0 spiro atoms. The average molecular weight is 168 g/mol. The standard InChI is InChI=1S/C9H13FN2/c1-6-4-7(10)9(12-3)8(5-6)11-2/h4-5,11-12H,1-3H3. The van der Waals surface area contributed by atoms with Gasteiger partial charge in [-0.2, -0.15) is 0 Å². The molecule has 0 aliphatic carbocycles. The van der Waals surface area contributed by atoms with Gasteiger partial charge in [0.1, 0.15) is 5.82 Å². The zero-order chi connectivity index (χ0) is 9.14. The van der Waals surface area contributed by atoms with E-state index in [-0.39, 0.29) is 5.82 Å². The van der Waals surface area contributed by atoms with Gasteiger partial charge in [-0.1, -0.05) is 0 Å². The Balaban J connectivity index is 3.24. The lowest BCUT2D eigenvalue weighted by Crippen LogP contribution is -2.00. The summed E-state index contributed by atoms with van der Waals surface area (Å²) in [5.41, 5.74) is 2.22. The molecule has 0 atom stereocenters. The largest absolute Gasteiger partial charge is 0.386 e. The minimum Gasteiger partial charge on any atom is -0.386 e. The molecule has 0 radical (unpaired) electrons. The molecule has 0 fully saturated rings. The fourth-order valence-electron chi connectivity index (χ4n) is 1.19. The van der Waals surface area contributed by atoms with Crippen LogP contribution in [0.4, 0.5) is 15.8 Å². The number of halogens is 1. The highest BCUT2D eigenvalue weighted by atomic mass is 19.1. The van der Waals surface area contributed by atoms with Crippen molar-refractivity contribution in [3.63, 3.8) is 0 Å². The lowest BCUT2D eigenvalue weighted by atomic mass is 10.2. The molecule has 0 bridgehead atoms. The molecule has 0 aromatic heterocycles. The van der Waals surface area contributed by atoms with Crippen molar-refractivity contribution in [1.82, 2.24) is 0 Å². The Kier molecular flexibility index (Phi) is 2.53. The molecule has 1 aromatic rings. The quantitative estimate of drug-likeness (QED) is 0.707. The zero-order valence-corrected chi connectivity index (χ0v) is 7.53. The van der Waals surface area contributed by atoms with Crippen LogP contribution >= 0.6 is 0 Å². The number of hydrogen-bond donors (Lipinski definition) is 2. The van der Waals surface area contributed by atoms with E-state index in [1.54, 1.807) is 14.1 Å². The summed E-state index contributed by atoms with van der Waals surface area (Å²) < 4.78 is 13.2. The van der Waals surface area contributed by atoms with Gasteiger partial charge in [0, 0.05) is 14.1 Å². The summed E-state index contributed by atoms with van der Waals surface area (Å²) in [5.74, 6) is -0.221. The number of aryl methyl sites for hydroxylation is 1. The first kappa shape index (κ1) is 8.84. The highest BCUT2D eigenvalue weighted by molar-refractivity contribution is 5.69. The number of rotatable bonds is 2. The van der Waals surface area contributed by atoms with E-state index in [1.165, 1.54) is 6.07 Å². The first-order chi connectivity index (χ1) is 5.69. The third kappa shape index (κ3) is 1.49. The predicted octanol–water partition coefficient (Wildman–Crippen LogP) is 2.22. The molecule has 0 aliphatic rings. The van der Waals surface area contributed by atoms with E-state index < -0.39 is 0 Å². The monoisotopic (exact) mass is 168 g/mol. The molecule has 2 N–H and O–H groups in total. The van der Waals surface area contributed by atoms with Crippen molar-refractivity contribution in [3.8, 4) is 0 Å². The van der Waals surface area contributed by atoms with Crippen molar-refractivity contribution < 1.29 is 4.39 Å². The number of hydrogen-bond acceptors (Lipinski definition) is 2. The minimum absolute atomic E-state index is 0.221. The van der Waals surface area contributed by atoms with Crippen molar-refractivity contribution in [3.05, 3.63) is 23.5 Å². The molecular weight excluding hydrogens is 155 g/mol. The van der Waals surface area contributed by atoms with E-state index in [1.807, 2.05) is 13.0 Å². The molecule has 0 unspecified atom stereocenters. The van der Waals surface area contributed by atoms with E-state index in [4.69, 9.17) is 0 Å². The van der Waals surface area contributed by atoms with Crippen LogP contribution in [-0.2, 0) is 0 Å². The van der Waals surface area contributed by atoms with Crippen molar-refractivity contribution >= 4 is 11.4 Å². The van der Waals surface area contributed by atoms with Gasteiger partial charge in [-0.3, -0.25) is 0 Å². The van der Waals surface area contributed by atoms with Crippen molar-refractivity contribution in [1.29, 1.82) is 0 Å². The fourth-order valence-corrected chi connectivity index (χ4v) is 1.19. The third-order valence-electron chi connectivity index (χ3n) is 1.75. The normalized spacial score (nSPS) is 9.67. The van der Waals surface area contributed by atoms with Crippen molar-refractivity contribution in [2.75, 3.05) is 24.7 Å². The van der Waals surface area contributed by atoms with Crippen LogP contribution in [0.15, 0.2) is 12.1 Å². The van der Waals surface area contributed by atoms with Crippen LogP contribution in [0.3, 0.4) is 0 Å². The van der Waals surface area contributed by atoms with E-state index in [0.717, 1.165) is 11.3 Å². The van der Waals surface area contributed by atoms with Crippen molar-refractivity contribution in [2.24, 2.45) is 0 Å². The van der Waals surface area contributed by atoms with Crippen LogP contribution in [0.25, 0.3) is 0 Å². The first-order valence-corrected chi connectivity index (χ1v) is 3.84. The average Bonchev–Trinajstić information content (AvgIpc) is 2.03. The lowest BCUT2D eigenvalue weighted by Gasteiger charge is -2.10. The van der Waals surface area contributed by atoms with E-state index in [2.05, 4.69) is 10.6 Å². The van der Waals surface area contributed by atoms with Gasteiger partial charge in [-0.05, 0) is 24.6 Å². The van der Waals surface area contributed by atoms with Gasteiger partial charge in [0.15, 0.2) is 0 Å². The summed E-state index contributed by atoms with van der Waals surface area (Å²) in [6, 6.07) is 3.40.